The van der Waals surface area contributed by atoms with E-state index in [-0.39, 0.29) is 5.41 Å². The highest BCUT2D eigenvalue weighted by atomic mass is 35.5. The molecular formula is C20H20ClNO2. The summed E-state index contributed by atoms with van der Waals surface area (Å²) in [6.45, 7) is 5.33. The molecule has 24 heavy (non-hydrogen) atoms. The standard InChI is InChI=1S/C20H20ClNO2/c1-20(2,16-8-4-3-5-9-16)14-23-13-18-12-19(22-24-18)15-7-6-10-17(21)11-15/h3-12H,13-14H2,1-2H3. The zero-order chi connectivity index (χ0) is 17.0. The first kappa shape index (κ1) is 16.7. The molecule has 0 N–H and O–H groups in total. The van der Waals surface area contributed by atoms with Crippen LogP contribution in [0.5, 0.6) is 0 Å². The minimum atomic E-state index is -0.0585. The van der Waals surface area contributed by atoms with Crippen molar-refractivity contribution in [2.75, 3.05) is 6.61 Å². The average Bonchev–Trinajstić information content (AvgIpc) is 3.04. The Morgan fingerprint density at radius 2 is 1.83 bits per heavy atom. The number of halogens is 1. The van der Waals surface area contributed by atoms with Crippen LogP contribution in [0.3, 0.4) is 0 Å². The number of benzene rings is 2. The van der Waals surface area contributed by atoms with E-state index >= 15 is 0 Å². The second-order valence-electron chi connectivity index (χ2n) is 6.43. The molecule has 1 heterocycles. The first-order valence-electron chi connectivity index (χ1n) is 7.89. The molecule has 4 heteroatoms. The summed E-state index contributed by atoms with van der Waals surface area (Å²) in [5.41, 5.74) is 2.89. The first-order valence-corrected chi connectivity index (χ1v) is 8.27. The topological polar surface area (TPSA) is 35.3 Å². The first-order chi connectivity index (χ1) is 11.5. The normalized spacial score (nSPS) is 11.6. The average molecular weight is 342 g/mol. The fourth-order valence-corrected chi connectivity index (χ4v) is 2.73. The van der Waals surface area contributed by atoms with Crippen LogP contribution in [0.4, 0.5) is 0 Å². The third kappa shape index (κ3) is 4.05. The van der Waals surface area contributed by atoms with Crippen molar-refractivity contribution in [2.45, 2.75) is 25.9 Å². The van der Waals surface area contributed by atoms with Crippen LogP contribution in [0.2, 0.25) is 5.02 Å². The van der Waals surface area contributed by atoms with Gasteiger partial charge in [-0.25, -0.2) is 0 Å². The van der Waals surface area contributed by atoms with Gasteiger partial charge in [-0.1, -0.05) is 73.1 Å². The van der Waals surface area contributed by atoms with Crippen LogP contribution < -0.4 is 0 Å². The van der Waals surface area contributed by atoms with Gasteiger partial charge in [0, 0.05) is 22.1 Å². The van der Waals surface area contributed by atoms with E-state index < -0.39 is 0 Å². The molecular weight excluding hydrogens is 322 g/mol. The molecule has 2 aromatic carbocycles. The fourth-order valence-electron chi connectivity index (χ4n) is 2.54. The Balaban J connectivity index is 1.60. The summed E-state index contributed by atoms with van der Waals surface area (Å²) < 4.78 is 11.2. The van der Waals surface area contributed by atoms with Crippen molar-refractivity contribution in [3.8, 4) is 11.3 Å². The van der Waals surface area contributed by atoms with Crippen LogP contribution >= 0.6 is 11.6 Å². The Hall–Kier alpha value is -2.10. The maximum atomic E-state index is 6.01. The molecule has 0 amide bonds. The molecule has 0 aliphatic heterocycles. The fraction of sp³-hybridized carbons (Fsp3) is 0.250. The van der Waals surface area contributed by atoms with Gasteiger partial charge in [-0.2, -0.15) is 0 Å². The summed E-state index contributed by atoms with van der Waals surface area (Å²) in [6.07, 6.45) is 0. The summed E-state index contributed by atoms with van der Waals surface area (Å²) in [7, 11) is 0. The highest BCUT2D eigenvalue weighted by Crippen LogP contribution is 2.25. The molecule has 0 radical (unpaired) electrons. The summed E-state index contributed by atoms with van der Waals surface area (Å²) in [6, 6.07) is 19.8. The molecule has 1 aromatic heterocycles. The molecule has 0 aliphatic rings. The van der Waals surface area contributed by atoms with E-state index in [1.807, 2.05) is 48.5 Å². The largest absolute Gasteiger partial charge is 0.372 e. The molecule has 3 nitrogen and oxygen atoms in total. The molecule has 0 saturated carbocycles. The summed E-state index contributed by atoms with van der Waals surface area (Å²) in [4.78, 5) is 0. The summed E-state index contributed by atoms with van der Waals surface area (Å²) in [5, 5.41) is 4.77. The minimum Gasteiger partial charge on any atom is -0.372 e. The quantitative estimate of drug-likeness (QED) is 0.594. The molecule has 0 fully saturated rings. The third-order valence-corrected chi connectivity index (χ3v) is 4.18. The second-order valence-corrected chi connectivity index (χ2v) is 6.87. The molecule has 3 aromatic rings. The van der Waals surface area contributed by atoms with Gasteiger partial charge in [0.05, 0.1) is 6.61 Å². The molecule has 0 unspecified atom stereocenters. The van der Waals surface area contributed by atoms with Crippen molar-refractivity contribution in [3.05, 3.63) is 77.0 Å². The lowest BCUT2D eigenvalue weighted by Crippen LogP contribution is -2.24. The van der Waals surface area contributed by atoms with Crippen LogP contribution in [-0.2, 0) is 16.8 Å². The molecule has 0 aliphatic carbocycles. The number of hydrogen-bond donors (Lipinski definition) is 0. The zero-order valence-corrected chi connectivity index (χ0v) is 14.6. The Morgan fingerprint density at radius 3 is 2.58 bits per heavy atom. The van der Waals surface area contributed by atoms with E-state index in [9.17, 15) is 0 Å². The van der Waals surface area contributed by atoms with Crippen molar-refractivity contribution in [2.24, 2.45) is 0 Å². The lowest BCUT2D eigenvalue weighted by atomic mass is 9.86. The van der Waals surface area contributed by atoms with E-state index in [0.717, 1.165) is 11.3 Å². The minimum absolute atomic E-state index is 0.0585. The lowest BCUT2D eigenvalue weighted by molar-refractivity contribution is 0.0678. The van der Waals surface area contributed by atoms with Gasteiger partial charge in [-0.15, -0.1) is 0 Å². The summed E-state index contributed by atoms with van der Waals surface area (Å²) >= 11 is 6.01. The predicted molar refractivity (Wildman–Crippen MR) is 96.1 cm³/mol. The van der Waals surface area contributed by atoms with Gasteiger partial charge in [-0.3, -0.25) is 0 Å². The van der Waals surface area contributed by atoms with E-state index in [1.54, 1.807) is 0 Å². The van der Waals surface area contributed by atoms with Crippen LogP contribution in [0.1, 0.15) is 25.2 Å². The van der Waals surface area contributed by atoms with Crippen molar-refractivity contribution in [1.82, 2.24) is 5.16 Å². The van der Waals surface area contributed by atoms with Gasteiger partial charge < -0.3 is 9.26 Å². The molecule has 3 rings (SSSR count). The van der Waals surface area contributed by atoms with Crippen LogP contribution in [0, 0.1) is 0 Å². The number of hydrogen-bond acceptors (Lipinski definition) is 3. The van der Waals surface area contributed by atoms with Gasteiger partial charge in [0.15, 0.2) is 5.76 Å². The van der Waals surface area contributed by atoms with Crippen molar-refractivity contribution >= 4 is 11.6 Å². The molecule has 0 spiro atoms. The van der Waals surface area contributed by atoms with E-state index in [4.69, 9.17) is 20.9 Å². The van der Waals surface area contributed by atoms with E-state index in [0.29, 0.717) is 24.0 Å². The van der Waals surface area contributed by atoms with Crippen LogP contribution in [-0.4, -0.2) is 11.8 Å². The van der Waals surface area contributed by atoms with E-state index in [1.165, 1.54) is 5.56 Å². The monoisotopic (exact) mass is 341 g/mol. The highest BCUT2D eigenvalue weighted by molar-refractivity contribution is 6.30. The molecule has 0 saturated heterocycles. The number of rotatable bonds is 6. The van der Waals surface area contributed by atoms with Crippen molar-refractivity contribution in [1.29, 1.82) is 0 Å². The van der Waals surface area contributed by atoms with Crippen molar-refractivity contribution < 1.29 is 9.26 Å². The number of ether oxygens (including phenoxy) is 1. The van der Waals surface area contributed by atoms with Gasteiger partial charge >= 0.3 is 0 Å². The molecule has 124 valence electrons. The maximum Gasteiger partial charge on any atom is 0.163 e. The summed E-state index contributed by atoms with van der Waals surface area (Å²) in [5.74, 6) is 0.703. The molecule has 0 atom stereocenters. The Morgan fingerprint density at radius 1 is 1.04 bits per heavy atom. The Labute approximate surface area is 147 Å². The van der Waals surface area contributed by atoms with Gasteiger partial charge in [0.2, 0.25) is 0 Å². The Bertz CT molecular complexity index is 796. The van der Waals surface area contributed by atoms with Gasteiger partial charge in [0.25, 0.3) is 0 Å². The second kappa shape index (κ2) is 7.20. The highest BCUT2D eigenvalue weighted by Gasteiger charge is 2.20. The number of nitrogens with zero attached hydrogens (tertiary/aromatic N) is 1. The smallest absolute Gasteiger partial charge is 0.163 e. The SMILES string of the molecule is CC(C)(COCc1cc(-c2cccc(Cl)c2)no1)c1ccccc1. The Kier molecular flexibility index (Phi) is 5.03. The van der Waals surface area contributed by atoms with E-state index in [2.05, 4.69) is 31.1 Å². The van der Waals surface area contributed by atoms with Gasteiger partial charge in [-0.05, 0) is 17.7 Å². The van der Waals surface area contributed by atoms with Crippen LogP contribution in [0.25, 0.3) is 11.3 Å². The molecule has 0 bridgehead atoms. The number of aromatic nitrogens is 1. The predicted octanol–water partition coefficient (Wildman–Crippen LogP) is 5.49. The van der Waals surface area contributed by atoms with Crippen molar-refractivity contribution in [3.63, 3.8) is 0 Å². The van der Waals surface area contributed by atoms with Gasteiger partial charge in [0.1, 0.15) is 12.3 Å². The van der Waals surface area contributed by atoms with Crippen LogP contribution in [0.15, 0.2) is 65.2 Å². The third-order valence-electron chi connectivity index (χ3n) is 3.94. The lowest BCUT2D eigenvalue weighted by Gasteiger charge is -2.24. The zero-order valence-electron chi connectivity index (χ0n) is 13.8. The maximum absolute atomic E-state index is 6.01.